The van der Waals surface area contributed by atoms with E-state index in [9.17, 15) is 0 Å². The molecule has 7 heteroatoms. The van der Waals surface area contributed by atoms with Gasteiger partial charge in [0.05, 0.1) is 11.6 Å². The molecule has 4 nitrogen and oxygen atoms in total. The second-order valence-electron chi connectivity index (χ2n) is 4.47. The molecule has 0 atom stereocenters. The monoisotopic (exact) mass is 389 g/mol. The second-order valence-corrected chi connectivity index (χ2v) is 6.86. The molecule has 0 spiro atoms. The number of halogens is 2. The van der Waals surface area contributed by atoms with Crippen LogP contribution in [0.3, 0.4) is 0 Å². The van der Waals surface area contributed by atoms with Crippen molar-refractivity contribution in [1.82, 2.24) is 15.5 Å². The fraction of sp³-hybridized carbons (Fsp3) is 0.429. The van der Waals surface area contributed by atoms with E-state index in [-0.39, 0.29) is 0 Å². The Morgan fingerprint density at radius 2 is 2.19 bits per heavy atom. The van der Waals surface area contributed by atoms with Crippen LogP contribution in [0.15, 0.2) is 22.7 Å². The highest BCUT2D eigenvalue weighted by Gasteiger charge is 2.10. The van der Waals surface area contributed by atoms with Gasteiger partial charge in [0.2, 0.25) is 0 Å². The summed E-state index contributed by atoms with van der Waals surface area (Å²) >= 11 is 11.3. The highest BCUT2D eigenvalue weighted by Crippen LogP contribution is 2.32. The smallest absolute Gasteiger partial charge is 0.149 e. The van der Waals surface area contributed by atoms with Crippen molar-refractivity contribution < 1.29 is 4.74 Å². The van der Waals surface area contributed by atoms with Crippen molar-refractivity contribution in [3.8, 4) is 10.6 Å². The van der Waals surface area contributed by atoms with Crippen LogP contribution in [-0.4, -0.2) is 37.0 Å². The SMILES string of the molecule is COCCNCCCc1nnc(-c2cc(Br)ccc2Cl)s1. The number of benzene rings is 1. The molecular formula is C14H17BrClN3OS. The van der Waals surface area contributed by atoms with Crippen LogP contribution in [0, 0.1) is 0 Å². The van der Waals surface area contributed by atoms with Gasteiger partial charge in [0.15, 0.2) is 0 Å². The van der Waals surface area contributed by atoms with Crippen LogP contribution in [0.1, 0.15) is 11.4 Å². The first-order chi connectivity index (χ1) is 10.2. The summed E-state index contributed by atoms with van der Waals surface area (Å²) in [5.41, 5.74) is 0.924. The van der Waals surface area contributed by atoms with Crippen molar-refractivity contribution in [2.45, 2.75) is 12.8 Å². The number of aryl methyl sites for hydroxylation is 1. The molecule has 1 aromatic heterocycles. The molecule has 0 aliphatic carbocycles. The van der Waals surface area contributed by atoms with Gasteiger partial charge in [-0.1, -0.05) is 38.9 Å². The molecule has 0 saturated heterocycles. The number of methoxy groups -OCH3 is 1. The average Bonchev–Trinajstić information content (AvgIpc) is 2.94. The lowest BCUT2D eigenvalue weighted by Crippen LogP contribution is -2.20. The van der Waals surface area contributed by atoms with Gasteiger partial charge in [-0.2, -0.15) is 0 Å². The third-order valence-corrected chi connectivity index (χ3v) is 4.69. The fourth-order valence-corrected chi connectivity index (χ4v) is 3.32. The van der Waals surface area contributed by atoms with Crippen LogP contribution >= 0.6 is 38.9 Å². The number of hydrogen-bond acceptors (Lipinski definition) is 5. The van der Waals surface area contributed by atoms with E-state index in [0.717, 1.165) is 52.6 Å². The van der Waals surface area contributed by atoms with Gasteiger partial charge < -0.3 is 10.1 Å². The Bertz CT molecular complexity index is 579. The minimum atomic E-state index is 0.696. The highest BCUT2D eigenvalue weighted by molar-refractivity contribution is 9.10. The Kier molecular flexibility index (Phi) is 7.06. The van der Waals surface area contributed by atoms with E-state index in [1.54, 1.807) is 18.4 Å². The maximum atomic E-state index is 6.21. The van der Waals surface area contributed by atoms with Crippen LogP contribution in [0.2, 0.25) is 5.02 Å². The fourth-order valence-electron chi connectivity index (χ4n) is 1.79. The Balaban J connectivity index is 1.88. The van der Waals surface area contributed by atoms with Crippen LogP contribution < -0.4 is 5.32 Å². The van der Waals surface area contributed by atoms with Crippen LogP contribution in [0.25, 0.3) is 10.6 Å². The molecule has 1 heterocycles. The van der Waals surface area contributed by atoms with Gasteiger partial charge in [0, 0.05) is 30.1 Å². The summed E-state index contributed by atoms with van der Waals surface area (Å²) in [4.78, 5) is 0. The first-order valence-electron chi connectivity index (χ1n) is 6.68. The van der Waals surface area contributed by atoms with Crippen molar-refractivity contribution in [2.75, 3.05) is 26.8 Å². The first-order valence-corrected chi connectivity index (χ1v) is 8.67. The van der Waals surface area contributed by atoms with Gasteiger partial charge in [-0.15, -0.1) is 10.2 Å². The number of nitrogens with one attached hydrogen (secondary N) is 1. The average molecular weight is 391 g/mol. The minimum Gasteiger partial charge on any atom is -0.383 e. The topological polar surface area (TPSA) is 47.0 Å². The van der Waals surface area contributed by atoms with Gasteiger partial charge in [-0.3, -0.25) is 0 Å². The second kappa shape index (κ2) is 8.80. The lowest BCUT2D eigenvalue weighted by atomic mass is 10.2. The Labute approximate surface area is 142 Å². The molecule has 0 saturated carbocycles. The minimum absolute atomic E-state index is 0.696. The van der Waals surface area contributed by atoms with Gasteiger partial charge in [0.25, 0.3) is 0 Å². The number of nitrogens with zero attached hydrogens (tertiary/aromatic N) is 2. The molecule has 114 valence electrons. The van der Waals surface area contributed by atoms with Gasteiger partial charge >= 0.3 is 0 Å². The summed E-state index contributed by atoms with van der Waals surface area (Å²) in [7, 11) is 1.71. The largest absolute Gasteiger partial charge is 0.383 e. The zero-order chi connectivity index (χ0) is 15.1. The molecule has 0 aliphatic heterocycles. The molecule has 0 unspecified atom stereocenters. The van der Waals surface area contributed by atoms with E-state index >= 15 is 0 Å². The third kappa shape index (κ3) is 5.30. The van der Waals surface area contributed by atoms with Crippen molar-refractivity contribution in [1.29, 1.82) is 0 Å². The van der Waals surface area contributed by atoms with Gasteiger partial charge in [-0.05, 0) is 31.2 Å². The summed E-state index contributed by atoms with van der Waals surface area (Å²) < 4.78 is 5.97. The lowest BCUT2D eigenvalue weighted by molar-refractivity contribution is 0.199. The standard InChI is InChI=1S/C14H17BrClN3OS/c1-20-8-7-17-6-2-3-13-18-19-14(21-13)11-9-10(15)4-5-12(11)16/h4-5,9,17H,2-3,6-8H2,1H3. The highest BCUT2D eigenvalue weighted by atomic mass is 79.9. The van der Waals surface area contributed by atoms with Crippen molar-refractivity contribution in [2.24, 2.45) is 0 Å². The van der Waals surface area contributed by atoms with Crippen molar-refractivity contribution >= 4 is 38.9 Å². The summed E-state index contributed by atoms with van der Waals surface area (Å²) in [5.74, 6) is 0. The third-order valence-electron chi connectivity index (χ3n) is 2.85. The molecule has 1 N–H and O–H groups in total. The lowest BCUT2D eigenvalue weighted by Gasteiger charge is -2.02. The maximum Gasteiger partial charge on any atom is 0.149 e. The molecule has 0 bridgehead atoms. The number of ether oxygens (including phenoxy) is 1. The predicted molar refractivity (Wildman–Crippen MR) is 91.1 cm³/mol. The van der Waals surface area contributed by atoms with E-state index in [1.807, 2.05) is 18.2 Å². The molecule has 21 heavy (non-hydrogen) atoms. The van der Waals surface area contributed by atoms with Gasteiger partial charge in [0.1, 0.15) is 10.0 Å². The van der Waals surface area contributed by atoms with E-state index in [2.05, 4.69) is 31.4 Å². The molecule has 2 rings (SSSR count). The predicted octanol–water partition coefficient (Wildman–Crippen LogP) is 3.79. The Morgan fingerprint density at radius 1 is 1.33 bits per heavy atom. The quantitative estimate of drug-likeness (QED) is 0.697. The van der Waals surface area contributed by atoms with E-state index in [1.165, 1.54) is 0 Å². The van der Waals surface area contributed by atoms with Gasteiger partial charge in [-0.25, -0.2) is 0 Å². The molecule has 0 fully saturated rings. The molecule has 1 aromatic carbocycles. The zero-order valence-corrected chi connectivity index (χ0v) is 14.9. The van der Waals surface area contributed by atoms with E-state index < -0.39 is 0 Å². The summed E-state index contributed by atoms with van der Waals surface area (Å²) in [6.07, 6.45) is 1.95. The number of rotatable bonds is 8. The van der Waals surface area contributed by atoms with Crippen molar-refractivity contribution in [3.05, 3.63) is 32.7 Å². The summed E-state index contributed by atoms with van der Waals surface area (Å²) in [5, 5.41) is 14.4. The molecule has 0 aliphatic rings. The Hall–Kier alpha value is -0.530. The van der Waals surface area contributed by atoms with Crippen LogP contribution in [-0.2, 0) is 11.2 Å². The first kappa shape index (κ1) is 16.8. The molecule has 0 radical (unpaired) electrons. The van der Waals surface area contributed by atoms with E-state index in [0.29, 0.717) is 5.02 Å². The normalized spacial score (nSPS) is 11.0. The number of hydrogen-bond donors (Lipinski definition) is 1. The number of aromatic nitrogens is 2. The molecule has 0 amide bonds. The molecular weight excluding hydrogens is 374 g/mol. The van der Waals surface area contributed by atoms with Crippen molar-refractivity contribution in [3.63, 3.8) is 0 Å². The Morgan fingerprint density at radius 3 is 3.00 bits per heavy atom. The maximum absolute atomic E-state index is 6.21. The zero-order valence-electron chi connectivity index (χ0n) is 11.7. The molecule has 2 aromatic rings. The van der Waals surface area contributed by atoms with Crippen LogP contribution in [0.4, 0.5) is 0 Å². The summed E-state index contributed by atoms with van der Waals surface area (Å²) in [6.45, 7) is 2.58. The van der Waals surface area contributed by atoms with E-state index in [4.69, 9.17) is 16.3 Å². The van der Waals surface area contributed by atoms with Crippen LogP contribution in [0.5, 0.6) is 0 Å². The summed E-state index contributed by atoms with van der Waals surface area (Å²) in [6, 6.07) is 5.75.